The van der Waals surface area contributed by atoms with Crippen molar-refractivity contribution in [1.29, 1.82) is 26.3 Å². The number of fused-ring (bicyclic) bond motifs is 1. The molecule has 7 heteroatoms. The number of thiazole rings is 1. The number of hydrogen-bond donors (Lipinski definition) is 0. The minimum absolute atomic E-state index is 0.364. The van der Waals surface area contributed by atoms with E-state index in [0.29, 0.717) is 38.9 Å². The highest BCUT2D eigenvalue weighted by Gasteiger charge is 2.14. The molecule has 0 fully saturated rings. The van der Waals surface area contributed by atoms with Crippen LogP contribution in [0.25, 0.3) is 43.0 Å². The fourth-order valence-electron chi connectivity index (χ4n) is 4.05. The second-order valence-electron chi connectivity index (χ2n) is 8.16. The molecule has 0 bridgehead atoms. The van der Waals surface area contributed by atoms with E-state index < -0.39 is 0 Å². The number of nitriles is 5. The zero-order valence-electron chi connectivity index (χ0n) is 19.0. The topological polar surface area (TPSA) is 132 Å². The SMILES string of the molecule is N#Cc1cc(C#N)cc(-c2cc(-c3cc(C#N)cc(C#N)c3)cc(-c3nc4ccc(C#N)cc4s3)c2)c1. The maximum absolute atomic E-state index is 9.48. The number of hydrogen-bond acceptors (Lipinski definition) is 7. The lowest BCUT2D eigenvalue weighted by Gasteiger charge is -2.11. The summed E-state index contributed by atoms with van der Waals surface area (Å²) < 4.78 is 0.873. The van der Waals surface area contributed by atoms with Gasteiger partial charge < -0.3 is 0 Å². The molecule has 0 aliphatic heterocycles. The predicted molar refractivity (Wildman–Crippen MR) is 140 cm³/mol. The quantitative estimate of drug-likeness (QED) is 0.279. The molecule has 1 heterocycles. The average molecular weight is 489 g/mol. The van der Waals surface area contributed by atoms with Crippen LogP contribution in [0.3, 0.4) is 0 Å². The molecule has 0 saturated carbocycles. The first-order valence-electron chi connectivity index (χ1n) is 10.9. The molecule has 0 N–H and O–H groups in total. The normalized spacial score (nSPS) is 10.0. The molecule has 0 unspecified atom stereocenters. The molecule has 168 valence electrons. The smallest absolute Gasteiger partial charge is 0.124 e. The molecular weight excluding hydrogens is 476 g/mol. The van der Waals surface area contributed by atoms with E-state index in [4.69, 9.17) is 4.98 Å². The highest BCUT2D eigenvalue weighted by Crippen LogP contribution is 2.37. The van der Waals surface area contributed by atoms with Gasteiger partial charge in [-0.15, -0.1) is 11.3 Å². The van der Waals surface area contributed by atoms with Crippen LogP contribution in [0.5, 0.6) is 0 Å². The Labute approximate surface area is 216 Å². The van der Waals surface area contributed by atoms with Gasteiger partial charge in [0.2, 0.25) is 0 Å². The van der Waals surface area contributed by atoms with Gasteiger partial charge in [-0.3, -0.25) is 0 Å². The van der Waals surface area contributed by atoms with Gasteiger partial charge in [-0.1, -0.05) is 0 Å². The van der Waals surface area contributed by atoms with Crippen LogP contribution in [0, 0.1) is 56.7 Å². The van der Waals surface area contributed by atoms with Gasteiger partial charge in [-0.2, -0.15) is 26.3 Å². The summed E-state index contributed by atoms with van der Waals surface area (Å²) in [5.41, 5.74) is 6.42. The van der Waals surface area contributed by atoms with Crippen molar-refractivity contribution in [2.24, 2.45) is 0 Å². The molecule has 0 saturated heterocycles. The zero-order chi connectivity index (χ0) is 25.9. The van der Waals surface area contributed by atoms with Crippen LogP contribution in [0.1, 0.15) is 27.8 Å². The summed E-state index contributed by atoms with van der Waals surface area (Å²) in [6.07, 6.45) is 0. The second kappa shape index (κ2) is 9.46. The molecule has 5 aromatic rings. The van der Waals surface area contributed by atoms with Gasteiger partial charge in [0.1, 0.15) is 5.01 Å². The highest BCUT2D eigenvalue weighted by atomic mass is 32.1. The molecule has 0 aliphatic carbocycles. The molecule has 6 nitrogen and oxygen atoms in total. The summed E-state index contributed by atoms with van der Waals surface area (Å²) in [7, 11) is 0. The maximum atomic E-state index is 9.48. The predicted octanol–water partition coefficient (Wildman–Crippen LogP) is 6.66. The van der Waals surface area contributed by atoms with Crippen molar-refractivity contribution in [1.82, 2.24) is 4.98 Å². The molecule has 5 rings (SSSR count). The van der Waals surface area contributed by atoms with E-state index in [1.54, 1.807) is 36.4 Å². The van der Waals surface area contributed by atoms with E-state index >= 15 is 0 Å². The summed E-state index contributed by atoms with van der Waals surface area (Å²) in [6.45, 7) is 0. The minimum Gasteiger partial charge on any atom is -0.236 e. The molecule has 1 aromatic heterocycles. The van der Waals surface area contributed by atoms with Crippen molar-refractivity contribution in [3.8, 4) is 63.2 Å². The van der Waals surface area contributed by atoms with Crippen molar-refractivity contribution in [2.45, 2.75) is 0 Å². The Morgan fingerprint density at radius 1 is 0.459 bits per heavy atom. The van der Waals surface area contributed by atoms with Gasteiger partial charge in [0.05, 0.1) is 68.4 Å². The van der Waals surface area contributed by atoms with E-state index in [1.807, 2.05) is 24.3 Å². The van der Waals surface area contributed by atoms with E-state index in [2.05, 4.69) is 30.3 Å². The number of rotatable bonds is 3. The molecule has 37 heavy (non-hydrogen) atoms. The van der Waals surface area contributed by atoms with E-state index in [9.17, 15) is 26.3 Å². The van der Waals surface area contributed by atoms with Crippen LogP contribution in [-0.4, -0.2) is 4.98 Å². The van der Waals surface area contributed by atoms with Gasteiger partial charge in [0, 0.05) is 5.56 Å². The van der Waals surface area contributed by atoms with Gasteiger partial charge >= 0.3 is 0 Å². The monoisotopic (exact) mass is 488 g/mol. The van der Waals surface area contributed by atoms with Gasteiger partial charge in [-0.25, -0.2) is 4.98 Å². The van der Waals surface area contributed by atoms with Gasteiger partial charge in [-0.05, 0) is 95.1 Å². The Balaban J connectivity index is 1.78. The van der Waals surface area contributed by atoms with Crippen LogP contribution in [0.15, 0.2) is 72.8 Å². The summed E-state index contributed by atoms with van der Waals surface area (Å²) in [5, 5.41) is 47.9. The first-order chi connectivity index (χ1) is 18.0. The third kappa shape index (κ3) is 4.49. The maximum Gasteiger partial charge on any atom is 0.124 e. The van der Waals surface area contributed by atoms with Gasteiger partial charge in [0.15, 0.2) is 0 Å². The standard InChI is InChI=1S/C30H12N6S/c31-13-18-1-2-28-29(9-18)37-30(36-28)27-11-25(23-5-19(14-32)3-20(6-23)15-33)10-26(12-27)24-7-21(16-34)4-22(8-24)17-35/h1-12H. The molecule has 0 radical (unpaired) electrons. The molecule has 0 atom stereocenters. The fourth-order valence-corrected chi connectivity index (χ4v) is 5.04. The lowest BCUT2D eigenvalue weighted by molar-refractivity contribution is 1.43. The Kier molecular flexibility index (Phi) is 5.88. The molecule has 0 spiro atoms. The summed E-state index contributed by atoms with van der Waals surface area (Å²) >= 11 is 1.45. The Hall–Kier alpha value is -5.78. The third-order valence-electron chi connectivity index (χ3n) is 5.75. The fraction of sp³-hybridized carbons (Fsp3) is 0. The van der Waals surface area contributed by atoms with Crippen molar-refractivity contribution in [2.75, 3.05) is 0 Å². The summed E-state index contributed by atoms with van der Waals surface area (Å²) in [6, 6.07) is 31.6. The first kappa shape index (κ1) is 23.0. The van der Waals surface area contributed by atoms with Crippen molar-refractivity contribution in [3.05, 3.63) is 101 Å². The molecular formula is C30H12N6S. The Morgan fingerprint density at radius 3 is 1.35 bits per heavy atom. The van der Waals surface area contributed by atoms with Crippen molar-refractivity contribution in [3.63, 3.8) is 0 Å². The van der Waals surface area contributed by atoms with Crippen LogP contribution < -0.4 is 0 Å². The lowest BCUT2D eigenvalue weighted by atomic mass is 9.93. The largest absolute Gasteiger partial charge is 0.236 e. The zero-order valence-corrected chi connectivity index (χ0v) is 19.8. The first-order valence-corrected chi connectivity index (χ1v) is 11.7. The molecule has 0 amide bonds. The van der Waals surface area contributed by atoms with Crippen LogP contribution in [-0.2, 0) is 0 Å². The van der Waals surface area contributed by atoms with Crippen LogP contribution >= 0.6 is 11.3 Å². The minimum atomic E-state index is 0.364. The Morgan fingerprint density at radius 2 is 0.892 bits per heavy atom. The molecule has 4 aromatic carbocycles. The number of aromatic nitrogens is 1. The van der Waals surface area contributed by atoms with E-state index in [-0.39, 0.29) is 0 Å². The Bertz CT molecular complexity index is 1790. The molecule has 0 aliphatic rings. The van der Waals surface area contributed by atoms with Crippen LogP contribution in [0.2, 0.25) is 0 Å². The lowest BCUT2D eigenvalue weighted by Crippen LogP contribution is -1.90. The van der Waals surface area contributed by atoms with E-state index in [0.717, 1.165) is 31.9 Å². The van der Waals surface area contributed by atoms with E-state index in [1.165, 1.54) is 23.5 Å². The highest BCUT2D eigenvalue weighted by molar-refractivity contribution is 7.21. The van der Waals surface area contributed by atoms with Crippen LogP contribution in [0.4, 0.5) is 0 Å². The number of nitrogens with zero attached hydrogens (tertiary/aromatic N) is 6. The number of benzene rings is 4. The third-order valence-corrected chi connectivity index (χ3v) is 6.81. The summed E-state index contributed by atoms with van der Waals surface area (Å²) in [5.74, 6) is 0. The second-order valence-corrected chi connectivity index (χ2v) is 9.19. The average Bonchev–Trinajstić information content (AvgIpc) is 3.39. The summed E-state index contributed by atoms with van der Waals surface area (Å²) in [4.78, 5) is 4.76. The van der Waals surface area contributed by atoms with Crippen molar-refractivity contribution < 1.29 is 0 Å². The van der Waals surface area contributed by atoms with Gasteiger partial charge in [0.25, 0.3) is 0 Å². The van der Waals surface area contributed by atoms with Crippen molar-refractivity contribution >= 4 is 21.6 Å².